The Bertz CT molecular complexity index is 297. The SMILES string of the molecule is CCCC(O)c1noc(C(C)C(C)C)n1. The van der Waals surface area contributed by atoms with E-state index < -0.39 is 6.10 Å². The molecule has 0 aliphatic heterocycles. The van der Waals surface area contributed by atoms with Gasteiger partial charge in [-0.3, -0.25) is 0 Å². The van der Waals surface area contributed by atoms with Crippen molar-refractivity contribution in [2.75, 3.05) is 0 Å². The Morgan fingerprint density at radius 1 is 1.33 bits per heavy atom. The molecule has 1 heterocycles. The molecule has 86 valence electrons. The summed E-state index contributed by atoms with van der Waals surface area (Å²) in [6, 6.07) is 0. The van der Waals surface area contributed by atoms with Gasteiger partial charge in [-0.25, -0.2) is 0 Å². The van der Waals surface area contributed by atoms with E-state index in [1.54, 1.807) is 0 Å². The Morgan fingerprint density at radius 2 is 2.00 bits per heavy atom. The molecule has 0 spiro atoms. The molecule has 2 atom stereocenters. The predicted octanol–water partition coefficient (Wildman–Crippen LogP) is 2.66. The fraction of sp³-hybridized carbons (Fsp3) is 0.818. The normalized spacial score (nSPS) is 15.6. The van der Waals surface area contributed by atoms with Crippen LogP contribution >= 0.6 is 0 Å². The molecule has 15 heavy (non-hydrogen) atoms. The van der Waals surface area contributed by atoms with Crippen LogP contribution in [0.5, 0.6) is 0 Å². The third-order valence-electron chi connectivity index (χ3n) is 2.71. The van der Waals surface area contributed by atoms with Crippen LogP contribution < -0.4 is 0 Å². The van der Waals surface area contributed by atoms with Gasteiger partial charge in [-0.15, -0.1) is 0 Å². The van der Waals surface area contributed by atoms with Crippen molar-refractivity contribution in [3.8, 4) is 0 Å². The van der Waals surface area contributed by atoms with Gasteiger partial charge in [-0.2, -0.15) is 4.98 Å². The Morgan fingerprint density at radius 3 is 2.53 bits per heavy atom. The van der Waals surface area contributed by atoms with Crippen LogP contribution in [-0.4, -0.2) is 15.2 Å². The molecule has 1 aromatic heterocycles. The number of hydrogen-bond acceptors (Lipinski definition) is 4. The molecule has 0 saturated carbocycles. The molecular formula is C11H20N2O2. The molecule has 0 bridgehead atoms. The van der Waals surface area contributed by atoms with Crippen molar-refractivity contribution in [1.82, 2.24) is 10.1 Å². The van der Waals surface area contributed by atoms with Crippen molar-refractivity contribution < 1.29 is 9.63 Å². The number of aliphatic hydroxyl groups is 1. The molecule has 4 nitrogen and oxygen atoms in total. The minimum Gasteiger partial charge on any atom is -0.385 e. The van der Waals surface area contributed by atoms with Crippen molar-refractivity contribution in [2.45, 2.75) is 52.6 Å². The number of rotatable bonds is 5. The van der Waals surface area contributed by atoms with E-state index in [9.17, 15) is 5.11 Å². The summed E-state index contributed by atoms with van der Waals surface area (Å²) in [7, 11) is 0. The first-order chi connectivity index (χ1) is 7.06. The number of aromatic nitrogens is 2. The van der Waals surface area contributed by atoms with Crippen LogP contribution in [0.1, 0.15) is 64.3 Å². The lowest BCUT2D eigenvalue weighted by atomic mass is 9.98. The second-order valence-electron chi connectivity index (χ2n) is 4.33. The Balaban J connectivity index is 2.71. The topological polar surface area (TPSA) is 59.2 Å². The molecule has 0 radical (unpaired) electrons. The molecule has 1 N–H and O–H groups in total. The van der Waals surface area contributed by atoms with E-state index in [0.29, 0.717) is 24.1 Å². The zero-order valence-electron chi connectivity index (χ0n) is 9.90. The summed E-state index contributed by atoms with van der Waals surface area (Å²) < 4.78 is 5.13. The summed E-state index contributed by atoms with van der Waals surface area (Å²) in [5, 5.41) is 13.5. The van der Waals surface area contributed by atoms with Gasteiger partial charge >= 0.3 is 0 Å². The molecule has 0 aliphatic rings. The van der Waals surface area contributed by atoms with Crippen LogP contribution in [0.3, 0.4) is 0 Å². The van der Waals surface area contributed by atoms with Gasteiger partial charge in [0.1, 0.15) is 6.10 Å². The van der Waals surface area contributed by atoms with Crippen molar-refractivity contribution in [2.24, 2.45) is 5.92 Å². The van der Waals surface area contributed by atoms with E-state index in [1.165, 1.54) is 0 Å². The molecule has 0 saturated heterocycles. The zero-order valence-corrected chi connectivity index (χ0v) is 9.90. The van der Waals surface area contributed by atoms with Crippen LogP contribution in [0.25, 0.3) is 0 Å². The lowest BCUT2D eigenvalue weighted by Gasteiger charge is -2.09. The second-order valence-corrected chi connectivity index (χ2v) is 4.33. The summed E-state index contributed by atoms with van der Waals surface area (Å²) in [5.41, 5.74) is 0. The van der Waals surface area contributed by atoms with Crippen molar-refractivity contribution >= 4 is 0 Å². The van der Waals surface area contributed by atoms with Crippen molar-refractivity contribution in [3.63, 3.8) is 0 Å². The standard InChI is InChI=1S/C11H20N2O2/c1-5-6-9(14)10-12-11(15-13-10)8(4)7(2)3/h7-9,14H,5-6H2,1-4H3. The summed E-state index contributed by atoms with van der Waals surface area (Å²) in [6.07, 6.45) is 0.992. The van der Waals surface area contributed by atoms with E-state index in [1.807, 2.05) is 13.8 Å². The van der Waals surface area contributed by atoms with Gasteiger partial charge < -0.3 is 9.63 Å². The van der Waals surface area contributed by atoms with E-state index in [2.05, 4.69) is 24.0 Å². The van der Waals surface area contributed by atoms with E-state index >= 15 is 0 Å². The van der Waals surface area contributed by atoms with Crippen LogP contribution in [-0.2, 0) is 0 Å². The Labute approximate surface area is 90.7 Å². The molecule has 0 amide bonds. The highest BCUT2D eigenvalue weighted by molar-refractivity contribution is 4.95. The maximum Gasteiger partial charge on any atom is 0.229 e. The largest absolute Gasteiger partial charge is 0.385 e. The Hall–Kier alpha value is -0.900. The number of nitrogens with zero attached hydrogens (tertiary/aromatic N) is 2. The first-order valence-electron chi connectivity index (χ1n) is 5.57. The summed E-state index contributed by atoms with van der Waals surface area (Å²) in [5.74, 6) is 1.73. The van der Waals surface area contributed by atoms with E-state index in [-0.39, 0.29) is 5.92 Å². The van der Waals surface area contributed by atoms with E-state index in [0.717, 1.165) is 6.42 Å². The van der Waals surface area contributed by atoms with Gasteiger partial charge in [0, 0.05) is 5.92 Å². The monoisotopic (exact) mass is 212 g/mol. The second kappa shape index (κ2) is 5.26. The molecular weight excluding hydrogens is 192 g/mol. The third-order valence-corrected chi connectivity index (χ3v) is 2.71. The smallest absolute Gasteiger partial charge is 0.229 e. The highest BCUT2D eigenvalue weighted by Gasteiger charge is 2.20. The summed E-state index contributed by atoms with van der Waals surface area (Å²) in [6.45, 7) is 8.28. The van der Waals surface area contributed by atoms with Crippen LogP contribution in [0, 0.1) is 5.92 Å². The minimum absolute atomic E-state index is 0.236. The maximum absolute atomic E-state index is 9.67. The highest BCUT2D eigenvalue weighted by atomic mass is 16.5. The van der Waals surface area contributed by atoms with Crippen molar-refractivity contribution in [1.29, 1.82) is 0 Å². The fourth-order valence-corrected chi connectivity index (χ4v) is 1.26. The first kappa shape index (κ1) is 12.2. The molecule has 0 aromatic carbocycles. The maximum atomic E-state index is 9.67. The Kier molecular flexibility index (Phi) is 4.27. The number of aliphatic hydroxyl groups excluding tert-OH is 1. The molecule has 4 heteroatoms. The molecule has 0 aliphatic carbocycles. The lowest BCUT2D eigenvalue weighted by molar-refractivity contribution is 0.152. The first-order valence-corrected chi connectivity index (χ1v) is 5.57. The van der Waals surface area contributed by atoms with Crippen LogP contribution in [0.4, 0.5) is 0 Å². The van der Waals surface area contributed by atoms with E-state index in [4.69, 9.17) is 4.52 Å². The van der Waals surface area contributed by atoms with Gasteiger partial charge in [-0.05, 0) is 12.3 Å². The number of hydrogen-bond donors (Lipinski definition) is 1. The van der Waals surface area contributed by atoms with Crippen molar-refractivity contribution in [3.05, 3.63) is 11.7 Å². The molecule has 1 aromatic rings. The molecule has 2 unspecified atom stereocenters. The van der Waals surface area contributed by atoms with Gasteiger partial charge in [0.2, 0.25) is 5.89 Å². The average molecular weight is 212 g/mol. The average Bonchev–Trinajstić information content (AvgIpc) is 2.65. The van der Waals surface area contributed by atoms with Gasteiger partial charge in [-0.1, -0.05) is 39.3 Å². The quantitative estimate of drug-likeness (QED) is 0.815. The summed E-state index contributed by atoms with van der Waals surface area (Å²) in [4.78, 5) is 4.22. The van der Waals surface area contributed by atoms with Gasteiger partial charge in [0.05, 0.1) is 0 Å². The van der Waals surface area contributed by atoms with Gasteiger partial charge in [0.15, 0.2) is 5.82 Å². The zero-order chi connectivity index (χ0) is 11.4. The predicted molar refractivity (Wildman–Crippen MR) is 57.4 cm³/mol. The third kappa shape index (κ3) is 3.02. The van der Waals surface area contributed by atoms with Crippen LogP contribution in [0.2, 0.25) is 0 Å². The lowest BCUT2D eigenvalue weighted by Crippen LogP contribution is -2.04. The highest BCUT2D eigenvalue weighted by Crippen LogP contribution is 2.23. The minimum atomic E-state index is -0.591. The van der Waals surface area contributed by atoms with Gasteiger partial charge in [0.25, 0.3) is 0 Å². The molecule has 0 fully saturated rings. The fourth-order valence-electron chi connectivity index (χ4n) is 1.26. The molecule has 1 rings (SSSR count). The van der Waals surface area contributed by atoms with Crippen LogP contribution in [0.15, 0.2) is 4.52 Å². The summed E-state index contributed by atoms with van der Waals surface area (Å²) >= 11 is 0.